The van der Waals surface area contributed by atoms with Gasteiger partial charge in [-0.05, 0) is 63.0 Å². The van der Waals surface area contributed by atoms with Crippen molar-refractivity contribution in [3.63, 3.8) is 0 Å². The molecule has 0 bridgehead atoms. The van der Waals surface area contributed by atoms with Gasteiger partial charge in [0, 0.05) is 24.7 Å². The number of alkyl halides is 1. The Morgan fingerprint density at radius 3 is 2.57 bits per heavy atom. The van der Waals surface area contributed by atoms with Gasteiger partial charge in [-0.15, -0.1) is 11.6 Å². The van der Waals surface area contributed by atoms with Gasteiger partial charge in [-0.25, -0.2) is 0 Å². The second-order valence-corrected chi connectivity index (χ2v) is 6.74. The molecule has 3 rings (SSSR count). The normalized spacial score (nSPS) is 21.8. The fourth-order valence-electron chi connectivity index (χ4n) is 3.57. The molecule has 0 spiro atoms. The van der Waals surface area contributed by atoms with Crippen molar-refractivity contribution in [3.8, 4) is 5.75 Å². The number of carbonyl (C=O) groups is 1. The Labute approximate surface area is 143 Å². The summed E-state index contributed by atoms with van der Waals surface area (Å²) in [7, 11) is 0. The molecule has 0 radical (unpaired) electrons. The Morgan fingerprint density at radius 2 is 1.87 bits per heavy atom. The molecule has 2 aliphatic heterocycles. The highest BCUT2D eigenvalue weighted by Gasteiger charge is 2.31. The largest absolute Gasteiger partial charge is 0.492 e. The number of rotatable bonds is 6. The van der Waals surface area contributed by atoms with Gasteiger partial charge in [0.15, 0.2) is 0 Å². The van der Waals surface area contributed by atoms with Crippen molar-refractivity contribution in [1.82, 2.24) is 9.80 Å². The first-order valence-corrected chi connectivity index (χ1v) is 9.13. The molecule has 1 atom stereocenters. The van der Waals surface area contributed by atoms with E-state index in [4.69, 9.17) is 16.3 Å². The summed E-state index contributed by atoms with van der Waals surface area (Å²) in [5.74, 6) is 1.37. The molecule has 1 unspecified atom stereocenters. The number of amides is 1. The zero-order valence-corrected chi connectivity index (χ0v) is 14.3. The SMILES string of the molecule is O=C(c1ccc(OCCCl)cc1)N1CCCC1CN1CCCC1. The van der Waals surface area contributed by atoms with E-state index >= 15 is 0 Å². The maximum Gasteiger partial charge on any atom is 0.254 e. The molecule has 0 aliphatic carbocycles. The van der Waals surface area contributed by atoms with Gasteiger partial charge in [-0.2, -0.15) is 0 Å². The third-order valence-corrected chi connectivity index (χ3v) is 4.91. The third kappa shape index (κ3) is 4.18. The molecule has 23 heavy (non-hydrogen) atoms. The van der Waals surface area contributed by atoms with Gasteiger partial charge in [-0.1, -0.05) is 0 Å². The average Bonchev–Trinajstić information content (AvgIpc) is 3.25. The number of hydrogen-bond donors (Lipinski definition) is 0. The van der Waals surface area contributed by atoms with E-state index in [0.29, 0.717) is 18.5 Å². The van der Waals surface area contributed by atoms with E-state index in [9.17, 15) is 4.79 Å². The lowest BCUT2D eigenvalue weighted by Gasteiger charge is -2.28. The number of carbonyl (C=O) groups excluding carboxylic acids is 1. The van der Waals surface area contributed by atoms with E-state index in [1.807, 2.05) is 24.3 Å². The van der Waals surface area contributed by atoms with Crippen LogP contribution in [-0.4, -0.2) is 60.4 Å². The van der Waals surface area contributed by atoms with E-state index in [2.05, 4.69) is 9.80 Å². The fraction of sp³-hybridized carbons (Fsp3) is 0.611. The van der Waals surface area contributed by atoms with E-state index < -0.39 is 0 Å². The minimum absolute atomic E-state index is 0.149. The van der Waals surface area contributed by atoms with Crippen molar-refractivity contribution in [3.05, 3.63) is 29.8 Å². The quantitative estimate of drug-likeness (QED) is 0.749. The molecular weight excluding hydrogens is 312 g/mol. The summed E-state index contributed by atoms with van der Waals surface area (Å²) >= 11 is 5.62. The highest BCUT2D eigenvalue weighted by molar-refractivity contribution is 6.18. The molecule has 1 amide bonds. The monoisotopic (exact) mass is 336 g/mol. The lowest BCUT2D eigenvalue weighted by molar-refractivity contribution is 0.0709. The molecule has 2 fully saturated rings. The van der Waals surface area contributed by atoms with Gasteiger partial charge in [0.2, 0.25) is 0 Å². The van der Waals surface area contributed by atoms with E-state index in [0.717, 1.165) is 37.2 Å². The lowest BCUT2D eigenvalue weighted by Crippen LogP contribution is -2.42. The zero-order chi connectivity index (χ0) is 16.1. The summed E-state index contributed by atoms with van der Waals surface area (Å²) in [4.78, 5) is 17.4. The van der Waals surface area contributed by atoms with Crippen LogP contribution in [0.4, 0.5) is 0 Å². The topological polar surface area (TPSA) is 32.8 Å². The van der Waals surface area contributed by atoms with Gasteiger partial charge in [-0.3, -0.25) is 4.79 Å². The Kier molecular flexibility index (Phi) is 5.79. The van der Waals surface area contributed by atoms with Gasteiger partial charge in [0.1, 0.15) is 12.4 Å². The molecule has 2 saturated heterocycles. The van der Waals surface area contributed by atoms with Gasteiger partial charge in [0.05, 0.1) is 5.88 Å². The Hall–Kier alpha value is -1.26. The summed E-state index contributed by atoms with van der Waals surface area (Å²) in [6.45, 7) is 4.76. The van der Waals surface area contributed by atoms with Gasteiger partial charge >= 0.3 is 0 Å². The van der Waals surface area contributed by atoms with Crippen molar-refractivity contribution in [2.45, 2.75) is 31.7 Å². The minimum Gasteiger partial charge on any atom is -0.492 e. The van der Waals surface area contributed by atoms with Crippen LogP contribution < -0.4 is 4.74 Å². The second kappa shape index (κ2) is 8.02. The van der Waals surface area contributed by atoms with Crippen molar-refractivity contribution in [2.75, 3.05) is 38.7 Å². The fourth-order valence-corrected chi connectivity index (χ4v) is 3.65. The molecule has 1 aromatic carbocycles. The van der Waals surface area contributed by atoms with Crippen LogP contribution in [0.25, 0.3) is 0 Å². The predicted molar refractivity (Wildman–Crippen MR) is 92.4 cm³/mol. The second-order valence-electron chi connectivity index (χ2n) is 6.36. The van der Waals surface area contributed by atoms with Crippen LogP contribution >= 0.6 is 11.6 Å². The van der Waals surface area contributed by atoms with Crippen LogP contribution in [0.5, 0.6) is 5.75 Å². The smallest absolute Gasteiger partial charge is 0.254 e. The van der Waals surface area contributed by atoms with Crippen molar-refractivity contribution >= 4 is 17.5 Å². The average molecular weight is 337 g/mol. The Balaban J connectivity index is 1.61. The van der Waals surface area contributed by atoms with E-state index in [-0.39, 0.29) is 5.91 Å². The van der Waals surface area contributed by atoms with Crippen LogP contribution in [-0.2, 0) is 0 Å². The molecule has 0 saturated carbocycles. The number of halogens is 1. The van der Waals surface area contributed by atoms with Crippen LogP contribution in [0.1, 0.15) is 36.0 Å². The maximum absolute atomic E-state index is 12.8. The molecule has 2 aliphatic rings. The summed E-state index contributed by atoms with van der Waals surface area (Å²) in [5.41, 5.74) is 0.747. The summed E-state index contributed by atoms with van der Waals surface area (Å²) in [5, 5.41) is 0. The number of likely N-dealkylation sites (tertiary alicyclic amines) is 2. The molecule has 0 aromatic heterocycles. The molecular formula is C18H25ClN2O2. The third-order valence-electron chi connectivity index (χ3n) is 4.75. The first-order chi connectivity index (χ1) is 11.3. The zero-order valence-electron chi connectivity index (χ0n) is 13.5. The highest BCUT2D eigenvalue weighted by Crippen LogP contribution is 2.23. The highest BCUT2D eigenvalue weighted by atomic mass is 35.5. The van der Waals surface area contributed by atoms with E-state index in [1.54, 1.807) is 0 Å². The van der Waals surface area contributed by atoms with Crippen LogP contribution in [0, 0.1) is 0 Å². The number of benzene rings is 1. The van der Waals surface area contributed by atoms with Crippen molar-refractivity contribution in [1.29, 1.82) is 0 Å². The molecule has 5 heteroatoms. The molecule has 126 valence electrons. The summed E-state index contributed by atoms with van der Waals surface area (Å²) in [6, 6.07) is 7.79. The van der Waals surface area contributed by atoms with Gasteiger partial charge < -0.3 is 14.5 Å². The number of hydrogen-bond acceptors (Lipinski definition) is 3. The van der Waals surface area contributed by atoms with Crippen LogP contribution in [0.15, 0.2) is 24.3 Å². The Morgan fingerprint density at radius 1 is 1.13 bits per heavy atom. The van der Waals surface area contributed by atoms with Crippen molar-refractivity contribution < 1.29 is 9.53 Å². The molecule has 4 nitrogen and oxygen atoms in total. The standard InChI is InChI=1S/C18H25ClN2O2/c19-9-13-23-17-7-5-15(6-8-17)18(22)21-12-3-4-16(21)14-20-10-1-2-11-20/h5-8,16H,1-4,9-14H2. The molecule has 0 N–H and O–H groups in total. The maximum atomic E-state index is 12.8. The van der Waals surface area contributed by atoms with E-state index in [1.165, 1.54) is 25.9 Å². The lowest BCUT2D eigenvalue weighted by atomic mass is 10.1. The minimum atomic E-state index is 0.149. The van der Waals surface area contributed by atoms with Crippen LogP contribution in [0.2, 0.25) is 0 Å². The predicted octanol–water partition coefficient (Wildman–Crippen LogP) is 3.00. The molecule has 2 heterocycles. The summed E-state index contributed by atoms with van der Waals surface area (Å²) < 4.78 is 5.46. The van der Waals surface area contributed by atoms with Crippen LogP contribution in [0.3, 0.4) is 0 Å². The Bertz CT molecular complexity index is 514. The number of nitrogens with zero attached hydrogens (tertiary/aromatic N) is 2. The van der Waals surface area contributed by atoms with Gasteiger partial charge in [0.25, 0.3) is 5.91 Å². The first-order valence-electron chi connectivity index (χ1n) is 8.60. The first kappa shape index (κ1) is 16.6. The summed E-state index contributed by atoms with van der Waals surface area (Å²) in [6.07, 6.45) is 4.83. The number of ether oxygens (including phenoxy) is 1. The van der Waals surface area contributed by atoms with Crippen molar-refractivity contribution in [2.24, 2.45) is 0 Å². The molecule has 1 aromatic rings.